The summed E-state index contributed by atoms with van der Waals surface area (Å²) in [5, 5.41) is 0. The largest absolute Gasteiger partial charge is 0.462 e. The predicted octanol–water partition coefficient (Wildman–Crippen LogP) is 23.4. The lowest BCUT2D eigenvalue weighted by atomic mass is 10.0. The minimum Gasteiger partial charge on any atom is -0.462 e. The van der Waals surface area contributed by atoms with Crippen molar-refractivity contribution in [3.05, 3.63) is 85.1 Å². The molecule has 0 aliphatic carbocycles. The fourth-order valence-electron chi connectivity index (χ4n) is 9.80. The lowest BCUT2D eigenvalue weighted by molar-refractivity contribution is -0.167. The predicted molar refractivity (Wildman–Crippen MR) is 344 cm³/mol. The van der Waals surface area contributed by atoms with Crippen LogP contribution in [0.2, 0.25) is 0 Å². The molecule has 1 atom stereocenters. The van der Waals surface area contributed by atoms with Crippen molar-refractivity contribution in [1.82, 2.24) is 0 Å². The Hall–Kier alpha value is -3.41. The molecule has 79 heavy (non-hydrogen) atoms. The number of allylic oxidation sites excluding steroid dienone is 14. The molecule has 1 unspecified atom stereocenters. The van der Waals surface area contributed by atoms with Gasteiger partial charge in [-0.2, -0.15) is 0 Å². The van der Waals surface area contributed by atoms with Crippen LogP contribution in [0.15, 0.2) is 85.1 Å². The highest BCUT2D eigenvalue weighted by atomic mass is 16.6. The van der Waals surface area contributed by atoms with E-state index in [1.54, 1.807) is 0 Å². The Labute approximate surface area is 490 Å². The van der Waals surface area contributed by atoms with Gasteiger partial charge >= 0.3 is 17.9 Å². The molecule has 0 N–H and O–H groups in total. The van der Waals surface area contributed by atoms with Crippen molar-refractivity contribution in [3.63, 3.8) is 0 Å². The molecule has 0 aliphatic heterocycles. The number of esters is 3. The van der Waals surface area contributed by atoms with E-state index in [0.29, 0.717) is 19.3 Å². The quantitative estimate of drug-likeness (QED) is 0.0261. The summed E-state index contributed by atoms with van der Waals surface area (Å²) >= 11 is 0. The number of carbonyl (C=O) groups is 3. The maximum absolute atomic E-state index is 12.9. The summed E-state index contributed by atoms with van der Waals surface area (Å²) < 4.78 is 17.0. The zero-order chi connectivity index (χ0) is 57.1. The third-order valence-electron chi connectivity index (χ3n) is 14.9. The van der Waals surface area contributed by atoms with E-state index in [1.807, 2.05) is 0 Å². The van der Waals surface area contributed by atoms with Gasteiger partial charge in [-0.1, -0.05) is 311 Å². The van der Waals surface area contributed by atoms with Gasteiger partial charge in [-0.3, -0.25) is 14.4 Å². The summed E-state index contributed by atoms with van der Waals surface area (Å²) in [6.07, 6.45) is 88.8. The molecular formula is C73H128O6. The topological polar surface area (TPSA) is 78.9 Å². The number of carbonyl (C=O) groups excluding carboxylic acids is 3. The minimum atomic E-state index is -0.782. The molecule has 0 bridgehead atoms. The highest BCUT2D eigenvalue weighted by Crippen LogP contribution is 2.17. The highest BCUT2D eigenvalue weighted by Gasteiger charge is 2.19. The van der Waals surface area contributed by atoms with Gasteiger partial charge in [0.05, 0.1) is 0 Å². The average Bonchev–Trinajstić information content (AvgIpc) is 3.45. The number of unbranched alkanes of at least 4 members (excludes halogenated alkanes) is 37. The average molecular weight is 1100 g/mol. The molecule has 456 valence electrons. The number of hydrogen-bond acceptors (Lipinski definition) is 6. The van der Waals surface area contributed by atoms with E-state index in [4.69, 9.17) is 14.2 Å². The Balaban J connectivity index is 4.32. The standard InChI is InChI=1S/C73H128O6/c1-4-7-10-13-16-19-22-25-28-31-33-34-35-36-37-38-39-40-41-43-45-48-51-54-57-60-63-66-72(75)78-69-70(68-77-71(74)65-62-59-56-53-50-47-44-30-27-24-21-18-15-12-9-6-3)79-73(76)67-64-61-58-55-52-49-46-42-32-29-26-23-20-17-14-11-8-5-2/h7,10,16,19-20,23,25,28-29,32-34,36-37,70H,4-6,8-9,11-15,17-18,21-22,24,26-27,30-31,35,38-69H2,1-3H3/b10-7-,19-16-,23-20-,28-25-,32-29-,34-33-,37-36-. The molecule has 0 spiro atoms. The summed E-state index contributed by atoms with van der Waals surface area (Å²) in [6.45, 7) is 6.55. The summed E-state index contributed by atoms with van der Waals surface area (Å²) in [5.41, 5.74) is 0. The van der Waals surface area contributed by atoms with Crippen LogP contribution in [-0.4, -0.2) is 37.2 Å². The summed E-state index contributed by atoms with van der Waals surface area (Å²) in [7, 11) is 0. The molecule has 0 aromatic heterocycles. The molecule has 0 rings (SSSR count). The van der Waals surface area contributed by atoms with Crippen LogP contribution in [0.4, 0.5) is 0 Å². The van der Waals surface area contributed by atoms with Crippen molar-refractivity contribution < 1.29 is 28.6 Å². The van der Waals surface area contributed by atoms with Crippen molar-refractivity contribution in [2.75, 3.05) is 13.2 Å². The number of hydrogen-bond donors (Lipinski definition) is 0. The monoisotopic (exact) mass is 1100 g/mol. The van der Waals surface area contributed by atoms with E-state index in [0.717, 1.165) is 103 Å². The fourth-order valence-corrected chi connectivity index (χ4v) is 9.80. The van der Waals surface area contributed by atoms with Crippen LogP contribution >= 0.6 is 0 Å². The van der Waals surface area contributed by atoms with Gasteiger partial charge in [-0.15, -0.1) is 0 Å². The molecule has 6 nitrogen and oxygen atoms in total. The molecule has 0 radical (unpaired) electrons. The van der Waals surface area contributed by atoms with Gasteiger partial charge in [0.25, 0.3) is 0 Å². The van der Waals surface area contributed by atoms with Gasteiger partial charge in [0, 0.05) is 19.3 Å². The SMILES string of the molecule is CC/C=C\C/C=C\C/C=C\C/C=C\C/C=C\CCCCCCCCCCCCCC(=O)OCC(COC(=O)CCCCCCCCCCCCCCCCCC)OC(=O)CCCCCCCCC/C=C\C/C=C\CCCCCC. The van der Waals surface area contributed by atoms with E-state index < -0.39 is 6.10 Å². The normalized spacial score (nSPS) is 12.6. The van der Waals surface area contributed by atoms with Crippen molar-refractivity contribution in [3.8, 4) is 0 Å². The van der Waals surface area contributed by atoms with Gasteiger partial charge in [-0.05, 0) is 96.3 Å². The smallest absolute Gasteiger partial charge is 0.306 e. The maximum atomic E-state index is 12.9. The molecule has 0 fully saturated rings. The van der Waals surface area contributed by atoms with Crippen molar-refractivity contribution in [2.45, 2.75) is 348 Å². The maximum Gasteiger partial charge on any atom is 0.306 e. The van der Waals surface area contributed by atoms with Gasteiger partial charge in [0.2, 0.25) is 0 Å². The van der Waals surface area contributed by atoms with Crippen LogP contribution in [0.5, 0.6) is 0 Å². The van der Waals surface area contributed by atoms with Gasteiger partial charge < -0.3 is 14.2 Å². The van der Waals surface area contributed by atoms with E-state index in [-0.39, 0.29) is 31.1 Å². The number of rotatable bonds is 62. The van der Waals surface area contributed by atoms with Crippen LogP contribution in [0.1, 0.15) is 342 Å². The third-order valence-corrected chi connectivity index (χ3v) is 14.9. The fraction of sp³-hybridized carbons (Fsp3) is 0.767. The van der Waals surface area contributed by atoms with Crippen LogP contribution in [0.25, 0.3) is 0 Å². The van der Waals surface area contributed by atoms with Gasteiger partial charge in [-0.25, -0.2) is 0 Å². The first-order valence-corrected chi connectivity index (χ1v) is 34.1. The molecule has 0 aromatic rings. The Morgan fingerprint density at radius 1 is 0.266 bits per heavy atom. The van der Waals surface area contributed by atoms with E-state index >= 15 is 0 Å². The zero-order valence-corrected chi connectivity index (χ0v) is 52.4. The molecule has 6 heteroatoms. The molecule has 0 saturated heterocycles. The van der Waals surface area contributed by atoms with Gasteiger partial charge in [0.15, 0.2) is 6.10 Å². The lowest BCUT2D eigenvalue weighted by Crippen LogP contribution is -2.30. The van der Waals surface area contributed by atoms with E-state index in [2.05, 4.69) is 106 Å². The first kappa shape index (κ1) is 75.6. The highest BCUT2D eigenvalue weighted by molar-refractivity contribution is 5.71. The Kier molecular flexibility index (Phi) is 64.2. The first-order chi connectivity index (χ1) is 39.0. The molecule has 0 aromatic carbocycles. The second kappa shape index (κ2) is 67.1. The molecule has 0 amide bonds. The first-order valence-electron chi connectivity index (χ1n) is 34.1. The number of ether oxygens (including phenoxy) is 3. The zero-order valence-electron chi connectivity index (χ0n) is 52.4. The Morgan fingerprint density at radius 2 is 0.494 bits per heavy atom. The summed E-state index contributed by atoms with van der Waals surface area (Å²) in [6, 6.07) is 0. The van der Waals surface area contributed by atoms with Crippen LogP contribution in [0.3, 0.4) is 0 Å². The van der Waals surface area contributed by atoms with Gasteiger partial charge in [0.1, 0.15) is 13.2 Å². The van der Waals surface area contributed by atoms with E-state index in [1.165, 1.54) is 199 Å². The lowest BCUT2D eigenvalue weighted by Gasteiger charge is -2.18. The van der Waals surface area contributed by atoms with Crippen molar-refractivity contribution in [1.29, 1.82) is 0 Å². The second-order valence-electron chi connectivity index (χ2n) is 22.7. The van der Waals surface area contributed by atoms with Crippen molar-refractivity contribution in [2.24, 2.45) is 0 Å². The Morgan fingerprint density at radius 3 is 0.785 bits per heavy atom. The summed E-state index contributed by atoms with van der Waals surface area (Å²) in [4.78, 5) is 38.4. The van der Waals surface area contributed by atoms with Crippen molar-refractivity contribution >= 4 is 17.9 Å². The van der Waals surface area contributed by atoms with Crippen LogP contribution < -0.4 is 0 Å². The summed E-state index contributed by atoms with van der Waals surface area (Å²) in [5.74, 6) is -0.869. The van der Waals surface area contributed by atoms with E-state index in [9.17, 15) is 14.4 Å². The van der Waals surface area contributed by atoms with Crippen LogP contribution in [0, 0.1) is 0 Å². The van der Waals surface area contributed by atoms with Crippen LogP contribution in [-0.2, 0) is 28.6 Å². The molecule has 0 aliphatic rings. The third kappa shape index (κ3) is 65.3. The molecular weight excluding hydrogens is 973 g/mol. The molecule has 0 saturated carbocycles. The molecule has 0 heterocycles. The minimum absolute atomic E-state index is 0.0766. The Bertz CT molecular complexity index is 1500. The second-order valence-corrected chi connectivity index (χ2v) is 22.7.